The van der Waals surface area contributed by atoms with Gasteiger partial charge in [-0.3, -0.25) is 9.79 Å². The Bertz CT molecular complexity index is 536. The van der Waals surface area contributed by atoms with Crippen LogP contribution in [0.15, 0.2) is 21.5 Å². The van der Waals surface area contributed by atoms with Crippen molar-refractivity contribution < 1.29 is 13.9 Å². The van der Waals surface area contributed by atoms with E-state index in [4.69, 9.17) is 14.9 Å². The minimum absolute atomic E-state index is 0.162. The number of nitrogens with zero attached hydrogens (tertiary/aromatic N) is 1. The van der Waals surface area contributed by atoms with Gasteiger partial charge in [0.1, 0.15) is 5.76 Å². The summed E-state index contributed by atoms with van der Waals surface area (Å²) < 4.78 is 11.2. The number of ether oxygens (including phenoxy) is 1. The van der Waals surface area contributed by atoms with E-state index >= 15 is 0 Å². The van der Waals surface area contributed by atoms with Crippen molar-refractivity contribution >= 4 is 11.9 Å². The van der Waals surface area contributed by atoms with Gasteiger partial charge in [-0.1, -0.05) is 19.3 Å². The highest BCUT2D eigenvalue weighted by Crippen LogP contribution is 2.20. The molecule has 1 amide bonds. The van der Waals surface area contributed by atoms with Gasteiger partial charge in [-0.15, -0.1) is 0 Å². The van der Waals surface area contributed by atoms with E-state index in [9.17, 15) is 4.79 Å². The SMILES string of the molecule is CN=C(NCCCOC1CCCCC1)NCc1ccc(C(N)=O)o1. The number of amides is 1. The number of carbonyl (C=O) groups is 1. The lowest BCUT2D eigenvalue weighted by Gasteiger charge is -2.22. The van der Waals surface area contributed by atoms with Crippen LogP contribution in [0.25, 0.3) is 0 Å². The van der Waals surface area contributed by atoms with Gasteiger partial charge in [-0.05, 0) is 31.4 Å². The number of nitrogens with two attached hydrogens (primary N) is 1. The molecule has 7 nitrogen and oxygen atoms in total. The minimum atomic E-state index is -0.568. The van der Waals surface area contributed by atoms with Crippen LogP contribution in [0.5, 0.6) is 0 Å². The maximum Gasteiger partial charge on any atom is 0.284 e. The largest absolute Gasteiger partial charge is 0.454 e. The van der Waals surface area contributed by atoms with Crippen molar-refractivity contribution in [1.82, 2.24) is 10.6 Å². The molecule has 1 fully saturated rings. The van der Waals surface area contributed by atoms with E-state index in [1.807, 2.05) is 0 Å². The smallest absolute Gasteiger partial charge is 0.284 e. The summed E-state index contributed by atoms with van der Waals surface area (Å²) in [7, 11) is 1.71. The van der Waals surface area contributed by atoms with Crippen LogP contribution in [0.4, 0.5) is 0 Å². The highest BCUT2D eigenvalue weighted by atomic mass is 16.5. The Labute approximate surface area is 143 Å². The van der Waals surface area contributed by atoms with Crippen LogP contribution in [-0.4, -0.2) is 38.2 Å². The molecule has 0 saturated heterocycles. The summed E-state index contributed by atoms with van der Waals surface area (Å²) in [5.74, 6) is 0.911. The van der Waals surface area contributed by atoms with Gasteiger partial charge in [0, 0.05) is 20.2 Å². The van der Waals surface area contributed by atoms with E-state index in [-0.39, 0.29) is 5.76 Å². The lowest BCUT2D eigenvalue weighted by Crippen LogP contribution is -2.37. The van der Waals surface area contributed by atoms with Crippen LogP contribution < -0.4 is 16.4 Å². The summed E-state index contributed by atoms with van der Waals surface area (Å²) in [6.45, 7) is 2.00. The Hall–Kier alpha value is -2.02. The quantitative estimate of drug-likeness (QED) is 0.381. The molecule has 1 aromatic rings. The van der Waals surface area contributed by atoms with E-state index in [2.05, 4.69) is 15.6 Å². The molecule has 1 saturated carbocycles. The molecular formula is C17H28N4O3. The monoisotopic (exact) mass is 336 g/mol. The molecule has 0 atom stereocenters. The van der Waals surface area contributed by atoms with E-state index in [0.29, 0.717) is 24.4 Å². The first-order chi connectivity index (χ1) is 11.7. The molecule has 0 aromatic carbocycles. The standard InChI is InChI=1S/C17H28N4O3/c1-19-17(21-12-14-8-9-15(24-14)16(18)22)20-10-5-11-23-13-6-3-2-4-7-13/h8-9,13H,2-7,10-12H2,1H3,(H2,18,22)(H2,19,20,21). The normalized spacial score (nSPS) is 16.1. The maximum atomic E-state index is 11.0. The number of carbonyl (C=O) groups excluding carboxylic acids is 1. The zero-order valence-corrected chi connectivity index (χ0v) is 14.3. The fourth-order valence-electron chi connectivity index (χ4n) is 2.76. The summed E-state index contributed by atoms with van der Waals surface area (Å²) in [6, 6.07) is 3.29. The number of guanidine groups is 1. The molecule has 7 heteroatoms. The van der Waals surface area contributed by atoms with E-state index < -0.39 is 5.91 Å². The molecule has 0 unspecified atom stereocenters. The van der Waals surface area contributed by atoms with Crippen molar-refractivity contribution in [2.24, 2.45) is 10.7 Å². The summed E-state index contributed by atoms with van der Waals surface area (Å²) in [6.07, 6.45) is 7.73. The summed E-state index contributed by atoms with van der Waals surface area (Å²) in [4.78, 5) is 15.1. The van der Waals surface area contributed by atoms with Crippen molar-refractivity contribution in [3.8, 4) is 0 Å². The Balaban J connectivity index is 1.58. The number of primary amides is 1. The molecule has 0 radical (unpaired) electrons. The molecule has 4 N–H and O–H groups in total. The Kier molecular flexibility index (Phi) is 7.61. The number of nitrogens with one attached hydrogen (secondary N) is 2. The Morgan fingerprint density at radius 2 is 2.12 bits per heavy atom. The van der Waals surface area contributed by atoms with Crippen LogP contribution in [0.2, 0.25) is 0 Å². The molecule has 1 aliphatic rings. The van der Waals surface area contributed by atoms with Crippen molar-refractivity contribution in [3.63, 3.8) is 0 Å². The lowest BCUT2D eigenvalue weighted by molar-refractivity contribution is 0.0277. The second-order valence-corrected chi connectivity index (χ2v) is 5.97. The van der Waals surface area contributed by atoms with Crippen molar-refractivity contribution in [2.75, 3.05) is 20.2 Å². The fraction of sp³-hybridized carbons (Fsp3) is 0.647. The van der Waals surface area contributed by atoms with Gasteiger partial charge in [0.2, 0.25) is 0 Å². The molecule has 134 valence electrons. The van der Waals surface area contributed by atoms with Crippen LogP contribution in [-0.2, 0) is 11.3 Å². The first-order valence-electron chi connectivity index (χ1n) is 8.63. The van der Waals surface area contributed by atoms with Gasteiger partial charge in [0.05, 0.1) is 12.6 Å². The maximum absolute atomic E-state index is 11.0. The number of rotatable bonds is 8. The minimum Gasteiger partial charge on any atom is -0.454 e. The number of hydrogen-bond acceptors (Lipinski definition) is 4. The zero-order chi connectivity index (χ0) is 17.2. The van der Waals surface area contributed by atoms with Crippen LogP contribution in [0, 0.1) is 0 Å². The van der Waals surface area contributed by atoms with Gasteiger partial charge < -0.3 is 25.5 Å². The number of hydrogen-bond donors (Lipinski definition) is 3. The van der Waals surface area contributed by atoms with Crippen LogP contribution in [0.1, 0.15) is 54.8 Å². The summed E-state index contributed by atoms with van der Waals surface area (Å²) in [5, 5.41) is 6.36. The Morgan fingerprint density at radius 3 is 2.79 bits per heavy atom. The second kappa shape index (κ2) is 9.97. The summed E-state index contributed by atoms with van der Waals surface area (Å²) >= 11 is 0. The molecule has 2 rings (SSSR count). The average molecular weight is 336 g/mol. The third-order valence-electron chi connectivity index (χ3n) is 4.08. The summed E-state index contributed by atoms with van der Waals surface area (Å²) in [5.41, 5.74) is 5.16. The first kappa shape index (κ1) is 18.3. The third-order valence-corrected chi connectivity index (χ3v) is 4.08. The highest BCUT2D eigenvalue weighted by Gasteiger charge is 2.13. The van der Waals surface area contributed by atoms with Crippen molar-refractivity contribution in [3.05, 3.63) is 23.7 Å². The van der Waals surface area contributed by atoms with E-state index in [1.54, 1.807) is 19.2 Å². The van der Waals surface area contributed by atoms with Gasteiger partial charge in [0.15, 0.2) is 11.7 Å². The van der Waals surface area contributed by atoms with E-state index in [1.165, 1.54) is 32.1 Å². The first-order valence-corrected chi connectivity index (χ1v) is 8.63. The molecule has 0 aliphatic heterocycles. The molecule has 24 heavy (non-hydrogen) atoms. The number of aliphatic imine (C=N–C) groups is 1. The van der Waals surface area contributed by atoms with E-state index in [0.717, 1.165) is 19.6 Å². The topological polar surface area (TPSA) is 102 Å². The second-order valence-electron chi connectivity index (χ2n) is 5.97. The lowest BCUT2D eigenvalue weighted by atomic mass is 9.98. The average Bonchev–Trinajstić information content (AvgIpc) is 3.07. The van der Waals surface area contributed by atoms with Crippen LogP contribution in [0.3, 0.4) is 0 Å². The molecule has 0 spiro atoms. The highest BCUT2D eigenvalue weighted by molar-refractivity contribution is 5.89. The molecule has 1 aliphatic carbocycles. The molecule has 1 heterocycles. The Morgan fingerprint density at radius 1 is 1.33 bits per heavy atom. The van der Waals surface area contributed by atoms with Gasteiger partial charge in [0.25, 0.3) is 5.91 Å². The predicted octanol–water partition coefficient (Wildman–Crippen LogP) is 1.78. The predicted molar refractivity (Wildman–Crippen MR) is 92.9 cm³/mol. The zero-order valence-electron chi connectivity index (χ0n) is 14.3. The molecule has 0 bridgehead atoms. The molecule has 1 aromatic heterocycles. The molecular weight excluding hydrogens is 308 g/mol. The third kappa shape index (κ3) is 6.23. The van der Waals surface area contributed by atoms with Gasteiger partial charge >= 0.3 is 0 Å². The van der Waals surface area contributed by atoms with Gasteiger partial charge in [-0.2, -0.15) is 0 Å². The van der Waals surface area contributed by atoms with Gasteiger partial charge in [-0.25, -0.2) is 0 Å². The van der Waals surface area contributed by atoms with Crippen molar-refractivity contribution in [2.45, 2.75) is 51.2 Å². The fourth-order valence-corrected chi connectivity index (χ4v) is 2.76. The van der Waals surface area contributed by atoms with Crippen molar-refractivity contribution in [1.29, 1.82) is 0 Å². The number of furan rings is 1. The van der Waals surface area contributed by atoms with Crippen LogP contribution >= 0.6 is 0 Å².